The number of amides is 1. The molecule has 1 aliphatic carbocycles. The molecule has 2 unspecified atom stereocenters. The SMILES string of the molecule is CCCN(C(=O)[C@H]1CNC[C@@H]1c1cnn(C)c1)C1CC(OCC)C1(C)C. The van der Waals surface area contributed by atoms with Crippen molar-refractivity contribution >= 4 is 5.91 Å². The summed E-state index contributed by atoms with van der Waals surface area (Å²) in [5.74, 6) is 0.493. The zero-order chi connectivity index (χ0) is 18.9. The molecule has 6 heteroatoms. The molecule has 0 aromatic carbocycles. The lowest BCUT2D eigenvalue weighted by Crippen LogP contribution is -2.64. The van der Waals surface area contributed by atoms with E-state index in [1.807, 2.05) is 31.0 Å². The van der Waals surface area contributed by atoms with Crippen molar-refractivity contribution in [2.75, 3.05) is 26.2 Å². The number of carbonyl (C=O) groups is 1. The van der Waals surface area contributed by atoms with Gasteiger partial charge in [-0.15, -0.1) is 0 Å². The molecule has 1 aromatic rings. The minimum absolute atomic E-state index is 0.00677. The second kappa shape index (κ2) is 7.69. The summed E-state index contributed by atoms with van der Waals surface area (Å²) in [7, 11) is 1.93. The number of aromatic nitrogens is 2. The van der Waals surface area contributed by atoms with E-state index in [2.05, 4.69) is 36.1 Å². The van der Waals surface area contributed by atoms with Gasteiger partial charge in [0.2, 0.25) is 5.91 Å². The first-order chi connectivity index (χ1) is 12.4. The monoisotopic (exact) mass is 362 g/mol. The molecular weight excluding hydrogens is 328 g/mol. The summed E-state index contributed by atoms with van der Waals surface area (Å²) in [6.07, 6.45) is 6.13. The summed E-state index contributed by atoms with van der Waals surface area (Å²) in [6, 6.07) is 0.265. The van der Waals surface area contributed by atoms with E-state index in [0.29, 0.717) is 5.91 Å². The summed E-state index contributed by atoms with van der Waals surface area (Å²) in [6.45, 7) is 11.8. The molecule has 1 saturated carbocycles. The Bertz CT molecular complexity index is 627. The maximum absolute atomic E-state index is 13.5. The average Bonchev–Trinajstić information content (AvgIpc) is 3.25. The van der Waals surface area contributed by atoms with Crippen LogP contribution in [0.15, 0.2) is 12.4 Å². The molecule has 1 aliphatic heterocycles. The molecule has 2 aliphatic rings. The van der Waals surface area contributed by atoms with Gasteiger partial charge in [-0.1, -0.05) is 20.8 Å². The highest BCUT2D eigenvalue weighted by Gasteiger charge is 2.53. The minimum atomic E-state index is -0.00677. The van der Waals surface area contributed by atoms with Gasteiger partial charge in [0.15, 0.2) is 0 Å². The van der Waals surface area contributed by atoms with Crippen LogP contribution < -0.4 is 5.32 Å². The van der Waals surface area contributed by atoms with Crippen molar-refractivity contribution in [1.82, 2.24) is 20.0 Å². The van der Waals surface area contributed by atoms with E-state index in [-0.39, 0.29) is 29.4 Å². The van der Waals surface area contributed by atoms with Gasteiger partial charge >= 0.3 is 0 Å². The minimum Gasteiger partial charge on any atom is -0.378 e. The molecule has 2 fully saturated rings. The van der Waals surface area contributed by atoms with Gasteiger partial charge in [0.1, 0.15) is 0 Å². The third kappa shape index (κ3) is 3.41. The Morgan fingerprint density at radius 3 is 2.77 bits per heavy atom. The van der Waals surface area contributed by atoms with Gasteiger partial charge in [0.25, 0.3) is 0 Å². The van der Waals surface area contributed by atoms with Crippen molar-refractivity contribution in [2.24, 2.45) is 18.4 Å². The number of hydrogen-bond acceptors (Lipinski definition) is 4. The summed E-state index contributed by atoms with van der Waals surface area (Å²) in [5.41, 5.74) is 1.17. The van der Waals surface area contributed by atoms with E-state index >= 15 is 0 Å². The second-order valence-electron chi connectivity index (χ2n) is 8.37. The zero-order valence-electron chi connectivity index (χ0n) is 16.9. The Kier molecular flexibility index (Phi) is 5.72. The molecule has 26 heavy (non-hydrogen) atoms. The van der Waals surface area contributed by atoms with Crippen LogP contribution >= 0.6 is 0 Å². The molecule has 2 heterocycles. The topological polar surface area (TPSA) is 59.4 Å². The molecule has 0 spiro atoms. The molecule has 3 rings (SSSR count). The number of nitrogens with zero attached hydrogens (tertiary/aromatic N) is 3. The van der Waals surface area contributed by atoms with Crippen LogP contribution in [0.4, 0.5) is 0 Å². The average molecular weight is 363 g/mol. The molecule has 6 nitrogen and oxygen atoms in total. The number of rotatable bonds is 7. The predicted octanol–water partition coefficient (Wildman–Crippen LogP) is 2.17. The molecule has 1 amide bonds. The smallest absolute Gasteiger partial charge is 0.227 e. The van der Waals surface area contributed by atoms with Crippen molar-refractivity contribution in [1.29, 1.82) is 0 Å². The van der Waals surface area contributed by atoms with E-state index in [9.17, 15) is 4.79 Å². The van der Waals surface area contributed by atoms with Crippen LogP contribution in [0, 0.1) is 11.3 Å². The molecule has 1 aromatic heterocycles. The Labute approximate surface area is 157 Å². The summed E-state index contributed by atoms with van der Waals surface area (Å²) >= 11 is 0. The first-order valence-corrected chi connectivity index (χ1v) is 10.0. The van der Waals surface area contributed by atoms with Crippen molar-refractivity contribution in [2.45, 2.75) is 58.6 Å². The lowest BCUT2D eigenvalue weighted by atomic mass is 9.63. The Morgan fingerprint density at radius 1 is 1.42 bits per heavy atom. The van der Waals surface area contributed by atoms with Crippen molar-refractivity contribution in [3.8, 4) is 0 Å². The van der Waals surface area contributed by atoms with Crippen molar-refractivity contribution in [3.63, 3.8) is 0 Å². The third-order valence-electron chi connectivity index (χ3n) is 6.30. The zero-order valence-corrected chi connectivity index (χ0v) is 16.9. The second-order valence-corrected chi connectivity index (χ2v) is 8.37. The van der Waals surface area contributed by atoms with Crippen LogP contribution in [0.2, 0.25) is 0 Å². The van der Waals surface area contributed by atoms with Crippen LogP contribution in [-0.4, -0.2) is 59.0 Å². The van der Waals surface area contributed by atoms with Crippen molar-refractivity contribution in [3.05, 3.63) is 18.0 Å². The number of aryl methyl sites for hydroxylation is 1. The van der Waals surface area contributed by atoms with Gasteiger partial charge < -0.3 is 15.0 Å². The maximum Gasteiger partial charge on any atom is 0.227 e. The number of nitrogens with one attached hydrogen (secondary N) is 1. The fourth-order valence-corrected chi connectivity index (χ4v) is 4.67. The highest BCUT2D eigenvalue weighted by molar-refractivity contribution is 5.81. The molecule has 0 radical (unpaired) electrons. The number of hydrogen-bond donors (Lipinski definition) is 1. The van der Waals surface area contributed by atoms with E-state index in [1.165, 1.54) is 0 Å². The molecule has 146 valence electrons. The normalized spacial score (nSPS) is 30.2. The highest BCUT2D eigenvalue weighted by atomic mass is 16.5. The summed E-state index contributed by atoms with van der Waals surface area (Å²) in [5, 5.41) is 7.72. The van der Waals surface area contributed by atoms with Crippen LogP contribution in [0.3, 0.4) is 0 Å². The standard InChI is InChI=1S/C20H34N4O2/c1-6-8-24(17-9-18(26-7-2)20(17,3)4)19(25)16-12-21-11-15(16)14-10-22-23(5)13-14/h10,13,15-18,21H,6-9,11-12H2,1-5H3/t15-,16+,17?,18?/m1/s1. The maximum atomic E-state index is 13.5. The van der Waals surface area contributed by atoms with Gasteiger partial charge in [-0.2, -0.15) is 5.10 Å². The van der Waals surface area contributed by atoms with E-state index < -0.39 is 0 Å². The van der Waals surface area contributed by atoms with E-state index in [0.717, 1.165) is 44.6 Å². The highest BCUT2D eigenvalue weighted by Crippen LogP contribution is 2.46. The summed E-state index contributed by atoms with van der Waals surface area (Å²) < 4.78 is 7.71. The van der Waals surface area contributed by atoms with Gasteiger partial charge in [-0.05, 0) is 25.3 Å². The van der Waals surface area contributed by atoms with Crippen LogP contribution in [0.25, 0.3) is 0 Å². The molecular formula is C20H34N4O2. The Balaban J connectivity index is 1.76. The molecule has 0 bridgehead atoms. The summed E-state index contributed by atoms with van der Waals surface area (Å²) in [4.78, 5) is 15.7. The number of carbonyl (C=O) groups excluding carboxylic acids is 1. The van der Waals surface area contributed by atoms with Crippen LogP contribution in [0.5, 0.6) is 0 Å². The van der Waals surface area contributed by atoms with Crippen LogP contribution in [0.1, 0.15) is 52.0 Å². The molecule has 1 saturated heterocycles. The first-order valence-electron chi connectivity index (χ1n) is 10.0. The van der Waals surface area contributed by atoms with Crippen LogP contribution in [-0.2, 0) is 16.6 Å². The van der Waals surface area contributed by atoms with Crippen molar-refractivity contribution < 1.29 is 9.53 Å². The van der Waals surface area contributed by atoms with Gasteiger partial charge in [0, 0.05) is 56.9 Å². The fourth-order valence-electron chi connectivity index (χ4n) is 4.67. The van der Waals surface area contributed by atoms with E-state index in [4.69, 9.17) is 4.74 Å². The Hall–Kier alpha value is -1.40. The largest absolute Gasteiger partial charge is 0.378 e. The van der Waals surface area contributed by atoms with Gasteiger partial charge in [0.05, 0.1) is 18.2 Å². The molecule has 4 atom stereocenters. The lowest BCUT2D eigenvalue weighted by Gasteiger charge is -2.56. The van der Waals surface area contributed by atoms with E-state index in [1.54, 1.807) is 0 Å². The molecule has 1 N–H and O–H groups in total. The quantitative estimate of drug-likeness (QED) is 0.808. The van der Waals surface area contributed by atoms with Gasteiger partial charge in [-0.3, -0.25) is 9.48 Å². The van der Waals surface area contributed by atoms with Gasteiger partial charge in [-0.25, -0.2) is 0 Å². The number of ether oxygens (including phenoxy) is 1. The third-order valence-corrected chi connectivity index (χ3v) is 6.30. The fraction of sp³-hybridized carbons (Fsp3) is 0.800. The first kappa shape index (κ1) is 19.4. The lowest BCUT2D eigenvalue weighted by molar-refractivity contribution is -0.170. The Morgan fingerprint density at radius 2 is 2.19 bits per heavy atom. The predicted molar refractivity (Wildman–Crippen MR) is 102 cm³/mol.